The topological polar surface area (TPSA) is 44.8 Å². The summed E-state index contributed by atoms with van der Waals surface area (Å²) >= 11 is 0. The van der Waals surface area contributed by atoms with Gasteiger partial charge in [0.15, 0.2) is 0 Å². The zero-order valence-electron chi connectivity index (χ0n) is 12.7. The number of hydrogen-bond donors (Lipinski definition) is 0. The Morgan fingerprint density at radius 3 is 2.74 bits per heavy atom. The monoisotopic (exact) mass is 308 g/mol. The van der Waals surface area contributed by atoms with Crippen LogP contribution in [0.4, 0.5) is 0 Å². The van der Waals surface area contributed by atoms with E-state index in [1.807, 2.05) is 48.5 Å². The van der Waals surface area contributed by atoms with Gasteiger partial charge in [-0.05, 0) is 31.1 Å². The van der Waals surface area contributed by atoms with E-state index >= 15 is 0 Å². The van der Waals surface area contributed by atoms with Crippen LogP contribution in [0.2, 0.25) is 0 Å². The van der Waals surface area contributed by atoms with Gasteiger partial charge in [0.1, 0.15) is 17.3 Å². The fourth-order valence-electron chi connectivity index (χ4n) is 3.13. The second-order valence-electron chi connectivity index (χ2n) is 5.56. The SMILES string of the molecule is COc1ccc2c3c1CCC=C3OC(=O)C(c1ccccc1)O2. The zero-order valence-corrected chi connectivity index (χ0v) is 12.7. The molecule has 1 aliphatic carbocycles. The summed E-state index contributed by atoms with van der Waals surface area (Å²) < 4.78 is 17.1. The number of methoxy groups -OCH3 is 1. The molecule has 0 spiro atoms. The summed E-state index contributed by atoms with van der Waals surface area (Å²) in [6.07, 6.45) is 2.83. The third kappa shape index (κ3) is 2.27. The van der Waals surface area contributed by atoms with Gasteiger partial charge in [-0.3, -0.25) is 0 Å². The lowest BCUT2D eigenvalue weighted by atomic mass is 9.94. The quantitative estimate of drug-likeness (QED) is 0.794. The summed E-state index contributed by atoms with van der Waals surface area (Å²) in [7, 11) is 1.65. The minimum atomic E-state index is -0.764. The fourth-order valence-corrected chi connectivity index (χ4v) is 3.13. The average Bonchev–Trinajstić information content (AvgIpc) is 2.74. The maximum absolute atomic E-state index is 12.5. The van der Waals surface area contributed by atoms with Crippen LogP contribution in [0.5, 0.6) is 11.5 Å². The van der Waals surface area contributed by atoms with Crippen molar-refractivity contribution in [2.24, 2.45) is 0 Å². The Morgan fingerprint density at radius 1 is 1.13 bits per heavy atom. The fraction of sp³-hybridized carbons (Fsp3) is 0.211. The summed E-state index contributed by atoms with van der Waals surface area (Å²) in [6.45, 7) is 0. The number of hydrogen-bond acceptors (Lipinski definition) is 4. The van der Waals surface area contributed by atoms with Crippen molar-refractivity contribution < 1.29 is 19.0 Å². The Hall–Kier alpha value is -2.75. The van der Waals surface area contributed by atoms with Crippen molar-refractivity contribution in [2.75, 3.05) is 7.11 Å². The number of carbonyl (C=O) groups excluding carboxylic acids is 1. The minimum absolute atomic E-state index is 0.398. The molecule has 0 fully saturated rings. The van der Waals surface area contributed by atoms with Crippen molar-refractivity contribution in [3.05, 3.63) is 65.2 Å². The van der Waals surface area contributed by atoms with E-state index < -0.39 is 12.1 Å². The third-order valence-corrected chi connectivity index (χ3v) is 4.19. The van der Waals surface area contributed by atoms with Crippen LogP contribution in [0.15, 0.2) is 48.5 Å². The number of benzene rings is 2. The molecule has 0 aromatic heterocycles. The average molecular weight is 308 g/mol. The van der Waals surface area contributed by atoms with E-state index in [4.69, 9.17) is 14.2 Å². The molecule has 0 bridgehead atoms. The maximum atomic E-state index is 12.5. The molecule has 1 atom stereocenters. The molecule has 0 radical (unpaired) electrons. The van der Waals surface area contributed by atoms with Gasteiger partial charge in [0, 0.05) is 11.1 Å². The van der Waals surface area contributed by atoms with Gasteiger partial charge in [0.2, 0.25) is 6.10 Å². The molecule has 2 aromatic carbocycles. The highest BCUT2D eigenvalue weighted by atomic mass is 16.6. The molecule has 1 heterocycles. The lowest BCUT2D eigenvalue weighted by Crippen LogP contribution is -2.18. The first-order valence-corrected chi connectivity index (χ1v) is 7.61. The van der Waals surface area contributed by atoms with Crippen molar-refractivity contribution in [3.8, 4) is 11.5 Å². The molecular formula is C19H16O4. The first kappa shape index (κ1) is 13.9. The Balaban J connectivity index is 1.85. The summed E-state index contributed by atoms with van der Waals surface area (Å²) in [5.41, 5.74) is 2.65. The molecule has 23 heavy (non-hydrogen) atoms. The van der Waals surface area contributed by atoms with Crippen LogP contribution < -0.4 is 9.47 Å². The molecule has 2 aromatic rings. The van der Waals surface area contributed by atoms with Gasteiger partial charge in [-0.2, -0.15) is 0 Å². The number of rotatable bonds is 2. The first-order chi connectivity index (χ1) is 11.3. The summed E-state index contributed by atoms with van der Waals surface area (Å²) in [5, 5.41) is 0. The standard InChI is InChI=1S/C19H16O4/c1-21-14-10-11-16-17-13(14)8-5-9-15(17)23-19(20)18(22-16)12-6-3-2-4-7-12/h2-4,6-7,9-11,18H,5,8H2,1H3. The van der Waals surface area contributed by atoms with Crippen molar-refractivity contribution >= 4 is 11.7 Å². The van der Waals surface area contributed by atoms with Gasteiger partial charge >= 0.3 is 5.97 Å². The third-order valence-electron chi connectivity index (χ3n) is 4.19. The largest absolute Gasteiger partial charge is 0.496 e. The predicted molar refractivity (Wildman–Crippen MR) is 85.2 cm³/mol. The van der Waals surface area contributed by atoms with E-state index in [-0.39, 0.29) is 0 Å². The Labute approximate surface area is 134 Å². The van der Waals surface area contributed by atoms with Gasteiger partial charge < -0.3 is 14.2 Å². The van der Waals surface area contributed by atoms with E-state index in [9.17, 15) is 4.79 Å². The van der Waals surface area contributed by atoms with E-state index in [0.717, 1.165) is 35.3 Å². The van der Waals surface area contributed by atoms with Crippen LogP contribution in [0.25, 0.3) is 5.76 Å². The Morgan fingerprint density at radius 2 is 1.96 bits per heavy atom. The van der Waals surface area contributed by atoms with Crippen LogP contribution in [-0.2, 0) is 16.0 Å². The first-order valence-electron chi connectivity index (χ1n) is 7.61. The summed E-state index contributed by atoms with van der Waals surface area (Å²) in [4.78, 5) is 12.5. The van der Waals surface area contributed by atoms with E-state index in [0.29, 0.717) is 11.5 Å². The van der Waals surface area contributed by atoms with E-state index in [2.05, 4.69) is 0 Å². The van der Waals surface area contributed by atoms with E-state index in [1.165, 1.54) is 0 Å². The van der Waals surface area contributed by atoms with Crippen molar-refractivity contribution in [1.82, 2.24) is 0 Å². The summed E-state index contributed by atoms with van der Waals surface area (Å²) in [5.74, 6) is 1.63. The van der Waals surface area contributed by atoms with Gasteiger partial charge in [-0.25, -0.2) is 4.79 Å². The summed E-state index contributed by atoms with van der Waals surface area (Å²) in [6, 6.07) is 13.1. The van der Waals surface area contributed by atoms with Gasteiger partial charge in [-0.15, -0.1) is 0 Å². The highest BCUT2D eigenvalue weighted by Gasteiger charge is 2.34. The molecule has 0 N–H and O–H groups in total. The lowest BCUT2D eigenvalue weighted by Gasteiger charge is -2.19. The zero-order chi connectivity index (χ0) is 15.8. The molecule has 0 amide bonds. The molecule has 2 aliphatic rings. The van der Waals surface area contributed by atoms with Gasteiger partial charge in [0.25, 0.3) is 0 Å². The number of allylic oxidation sites excluding steroid dienone is 1. The van der Waals surface area contributed by atoms with Crippen LogP contribution in [-0.4, -0.2) is 13.1 Å². The minimum Gasteiger partial charge on any atom is -0.496 e. The Bertz CT molecular complexity index is 793. The smallest absolute Gasteiger partial charge is 0.357 e. The maximum Gasteiger partial charge on any atom is 0.357 e. The van der Waals surface area contributed by atoms with Crippen LogP contribution in [0, 0.1) is 0 Å². The van der Waals surface area contributed by atoms with Crippen molar-refractivity contribution in [2.45, 2.75) is 18.9 Å². The molecule has 4 nitrogen and oxygen atoms in total. The van der Waals surface area contributed by atoms with Gasteiger partial charge in [-0.1, -0.05) is 30.3 Å². The molecule has 1 aliphatic heterocycles. The second kappa shape index (κ2) is 5.47. The van der Waals surface area contributed by atoms with Crippen LogP contribution in [0.1, 0.15) is 29.2 Å². The number of esters is 1. The highest BCUT2D eigenvalue weighted by Crippen LogP contribution is 2.44. The number of carbonyl (C=O) groups is 1. The number of ether oxygens (including phenoxy) is 3. The predicted octanol–water partition coefficient (Wildman–Crippen LogP) is 3.66. The highest BCUT2D eigenvalue weighted by molar-refractivity contribution is 5.87. The van der Waals surface area contributed by atoms with Crippen LogP contribution in [0.3, 0.4) is 0 Å². The molecule has 0 saturated heterocycles. The molecule has 4 rings (SSSR count). The van der Waals surface area contributed by atoms with Crippen LogP contribution >= 0.6 is 0 Å². The molecular weight excluding hydrogens is 292 g/mol. The van der Waals surface area contributed by atoms with Gasteiger partial charge in [0.05, 0.1) is 12.7 Å². The normalized spacial score (nSPS) is 18.9. The lowest BCUT2D eigenvalue weighted by molar-refractivity contribution is -0.144. The Kier molecular flexibility index (Phi) is 3.30. The molecule has 116 valence electrons. The molecule has 1 unspecified atom stereocenters. The molecule has 4 heteroatoms. The van der Waals surface area contributed by atoms with E-state index in [1.54, 1.807) is 7.11 Å². The second-order valence-corrected chi connectivity index (χ2v) is 5.56. The van der Waals surface area contributed by atoms with Crippen molar-refractivity contribution in [3.63, 3.8) is 0 Å². The molecule has 0 saturated carbocycles. The van der Waals surface area contributed by atoms with Crippen molar-refractivity contribution in [1.29, 1.82) is 0 Å².